The van der Waals surface area contributed by atoms with E-state index in [1.165, 1.54) is 6.92 Å². The van der Waals surface area contributed by atoms with Crippen molar-refractivity contribution in [2.45, 2.75) is 32.4 Å². The van der Waals surface area contributed by atoms with E-state index in [0.717, 1.165) is 16.8 Å². The fourth-order valence-electron chi connectivity index (χ4n) is 2.94. The summed E-state index contributed by atoms with van der Waals surface area (Å²) in [5.74, 6) is -0.215. The van der Waals surface area contributed by atoms with Gasteiger partial charge in [0, 0.05) is 17.7 Å². The molecule has 2 aromatic rings. The van der Waals surface area contributed by atoms with Gasteiger partial charge >= 0.3 is 0 Å². The second-order valence-electron chi connectivity index (χ2n) is 5.95. The summed E-state index contributed by atoms with van der Waals surface area (Å²) in [6.45, 7) is 1.99. The van der Waals surface area contributed by atoms with Crippen LogP contribution in [0.1, 0.15) is 34.8 Å². The van der Waals surface area contributed by atoms with Crippen molar-refractivity contribution in [3.05, 3.63) is 70.1 Å². The number of ketones is 1. The number of nitroso groups, excluding NO2 is 1. The Morgan fingerprint density at radius 1 is 1.17 bits per heavy atom. The molecule has 0 bridgehead atoms. The predicted octanol–water partition coefficient (Wildman–Crippen LogP) is 3.50. The molecule has 0 aliphatic carbocycles. The zero-order valence-electron chi connectivity index (χ0n) is 13.4. The zero-order chi connectivity index (χ0) is 17.1. The Morgan fingerprint density at radius 2 is 1.92 bits per heavy atom. The number of benzene rings is 2. The first-order valence-electron chi connectivity index (χ1n) is 7.94. The Morgan fingerprint density at radius 3 is 2.62 bits per heavy atom. The molecule has 5 nitrogen and oxygen atoms in total. The molecular weight excluding hydrogens is 304 g/mol. The molecule has 1 aliphatic heterocycles. The molecule has 0 radical (unpaired) electrons. The first-order chi connectivity index (χ1) is 11.6. The highest BCUT2D eigenvalue weighted by Crippen LogP contribution is 2.30. The molecule has 0 spiro atoms. The van der Waals surface area contributed by atoms with Crippen LogP contribution in [0.2, 0.25) is 0 Å². The molecule has 0 N–H and O–H groups in total. The maximum atomic E-state index is 12.3. The third-order valence-electron chi connectivity index (χ3n) is 4.29. The Hall–Kier alpha value is -2.82. The van der Waals surface area contributed by atoms with Crippen LogP contribution in [0, 0.1) is 4.91 Å². The lowest BCUT2D eigenvalue weighted by atomic mass is 9.95. The number of anilines is 1. The lowest BCUT2D eigenvalue weighted by Gasteiger charge is -2.30. The molecule has 1 atom stereocenters. The van der Waals surface area contributed by atoms with E-state index in [-0.39, 0.29) is 11.7 Å². The first-order valence-corrected chi connectivity index (χ1v) is 7.94. The van der Waals surface area contributed by atoms with E-state index in [2.05, 4.69) is 5.18 Å². The van der Waals surface area contributed by atoms with Gasteiger partial charge in [0.05, 0.1) is 6.54 Å². The monoisotopic (exact) mass is 322 g/mol. The van der Waals surface area contributed by atoms with Crippen LogP contribution in [0.3, 0.4) is 0 Å². The standard InChI is InChI=1S/C19H18N2O3/c1-13(20-24)19(23)16-7-9-17-15(11-16)8-10-18(22)21(17)12-14-5-3-2-4-6-14/h2-7,9,11,13H,8,10,12H2,1H3. The molecule has 0 saturated carbocycles. The van der Waals surface area contributed by atoms with Gasteiger partial charge in [0.25, 0.3) is 0 Å². The van der Waals surface area contributed by atoms with Crippen LogP contribution in [0.25, 0.3) is 0 Å². The third kappa shape index (κ3) is 3.11. The largest absolute Gasteiger partial charge is 0.308 e. The quantitative estimate of drug-likeness (QED) is 0.625. The normalized spacial score (nSPS) is 14.9. The number of carbonyl (C=O) groups is 2. The van der Waals surface area contributed by atoms with Crippen LogP contribution in [0.4, 0.5) is 5.69 Å². The summed E-state index contributed by atoms with van der Waals surface area (Å²) >= 11 is 0. The topological polar surface area (TPSA) is 66.8 Å². The Labute approximate surface area is 140 Å². The fourth-order valence-corrected chi connectivity index (χ4v) is 2.94. The molecular formula is C19H18N2O3. The number of Topliss-reactive ketones (excluding diaryl/α,β-unsaturated/α-hetero) is 1. The molecule has 0 fully saturated rings. The number of amides is 1. The second-order valence-corrected chi connectivity index (χ2v) is 5.95. The number of nitrogens with zero attached hydrogens (tertiary/aromatic N) is 2. The van der Waals surface area contributed by atoms with Crippen LogP contribution in [0.15, 0.2) is 53.7 Å². The number of fused-ring (bicyclic) bond motifs is 1. The predicted molar refractivity (Wildman–Crippen MR) is 92.0 cm³/mol. The Bertz CT molecular complexity index is 786. The van der Waals surface area contributed by atoms with E-state index in [1.54, 1.807) is 23.1 Å². The van der Waals surface area contributed by atoms with Gasteiger partial charge in [-0.15, -0.1) is 0 Å². The van der Waals surface area contributed by atoms with Gasteiger partial charge in [0.1, 0.15) is 0 Å². The van der Waals surface area contributed by atoms with Gasteiger partial charge in [-0.1, -0.05) is 35.5 Å². The van der Waals surface area contributed by atoms with Crippen molar-refractivity contribution >= 4 is 17.4 Å². The van der Waals surface area contributed by atoms with E-state index >= 15 is 0 Å². The van der Waals surface area contributed by atoms with E-state index in [0.29, 0.717) is 24.9 Å². The zero-order valence-corrected chi connectivity index (χ0v) is 13.4. The molecule has 1 unspecified atom stereocenters. The summed E-state index contributed by atoms with van der Waals surface area (Å²) in [4.78, 5) is 36.8. The average molecular weight is 322 g/mol. The van der Waals surface area contributed by atoms with Gasteiger partial charge < -0.3 is 4.90 Å². The first kappa shape index (κ1) is 16.1. The Kier molecular flexibility index (Phi) is 4.51. The molecule has 1 heterocycles. The lowest BCUT2D eigenvalue weighted by molar-refractivity contribution is -0.119. The summed E-state index contributed by atoms with van der Waals surface area (Å²) in [7, 11) is 0. The van der Waals surface area contributed by atoms with Crippen LogP contribution < -0.4 is 4.90 Å². The number of hydrogen-bond donors (Lipinski definition) is 0. The van der Waals surface area contributed by atoms with Gasteiger partial charge in [0.15, 0.2) is 11.8 Å². The minimum absolute atomic E-state index is 0.0772. The van der Waals surface area contributed by atoms with Crippen molar-refractivity contribution in [1.82, 2.24) is 0 Å². The van der Waals surface area contributed by atoms with Gasteiger partial charge in [-0.3, -0.25) is 9.59 Å². The van der Waals surface area contributed by atoms with Gasteiger partial charge in [-0.05, 0) is 42.7 Å². The summed E-state index contributed by atoms with van der Waals surface area (Å²) in [6, 6.07) is 14.1. The molecule has 2 aromatic carbocycles. The van der Waals surface area contributed by atoms with Gasteiger partial charge in [-0.25, -0.2) is 0 Å². The maximum absolute atomic E-state index is 12.3. The van der Waals surface area contributed by atoms with Crippen molar-refractivity contribution in [2.75, 3.05) is 4.90 Å². The molecule has 5 heteroatoms. The Balaban J connectivity index is 1.92. The molecule has 24 heavy (non-hydrogen) atoms. The highest BCUT2D eigenvalue weighted by molar-refractivity contribution is 6.02. The van der Waals surface area contributed by atoms with Crippen LogP contribution in [-0.2, 0) is 17.8 Å². The number of hydrogen-bond acceptors (Lipinski definition) is 4. The number of carbonyl (C=O) groups excluding carboxylic acids is 2. The van der Waals surface area contributed by atoms with Crippen molar-refractivity contribution in [3.8, 4) is 0 Å². The molecule has 1 aliphatic rings. The van der Waals surface area contributed by atoms with Crippen molar-refractivity contribution in [1.29, 1.82) is 0 Å². The fraction of sp³-hybridized carbons (Fsp3) is 0.263. The minimum Gasteiger partial charge on any atom is -0.308 e. The molecule has 122 valence electrons. The highest BCUT2D eigenvalue weighted by Gasteiger charge is 2.26. The maximum Gasteiger partial charge on any atom is 0.227 e. The number of aryl methyl sites for hydroxylation is 1. The van der Waals surface area contributed by atoms with E-state index in [1.807, 2.05) is 30.3 Å². The van der Waals surface area contributed by atoms with Gasteiger partial charge in [0.2, 0.25) is 5.91 Å². The van der Waals surface area contributed by atoms with E-state index < -0.39 is 6.04 Å². The molecule has 1 amide bonds. The van der Waals surface area contributed by atoms with Crippen LogP contribution in [0.5, 0.6) is 0 Å². The highest BCUT2D eigenvalue weighted by atomic mass is 16.3. The summed E-state index contributed by atoms with van der Waals surface area (Å²) in [5, 5.41) is 2.80. The SMILES string of the molecule is CC(N=O)C(=O)c1ccc2c(c1)CCC(=O)N2Cc1ccccc1. The average Bonchev–Trinajstić information content (AvgIpc) is 2.63. The van der Waals surface area contributed by atoms with Crippen molar-refractivity contribution < 1.29 is 9.59 Å². The molecule has 3 rings (SSSR count). The number of rotatable bonds is 5. The minimum atomic E-state index is -0.895. The van der Waals surface area contributed by atoms with E-state index in [4.69, 9.17) is 0 Å². The molecule has 0 saturated heterocycles. The summed E-state index contributed by atoms with van der Waals surface area (Å²) in [5.41, 5.74) is 3.31. The van der Waals surface area contributed by atoms with Gasteiger partial charge in [-0.2, -0.15) is 4.91 Å². The smallest absolute Gasteiger partial charge is 0.227 e. The molecule has 0 aromatic heterocycles. The second kappa shape index (κ2) is 6.74. The van der Waals surface area contributed by atoms with E-state index in [9.17, 15) is 14.5 Å². The summed E-state index contributed by atoms with van der Waals surface area (Å²) in [6.07, 6.45) is 1.02. The van der Waals surface area contributed by atoms with Crippen LogP contribution >= 0.6 is 0 Å². The van der Waals surface area contributed by atoms with Crippen molar-refractivity contribution in [2.24, 2.45) is 5.18 Å². The summed E-state index contributed by atoms with van der Waals surface area (Å²) < 4.78 is 0. The van der Waals surface area contributed by atoms with Crippen LogP contribution in [-0.4, -0.2) is 17.7 Å². The van der Waals surface area contributed by atoms with Crippen molar-refractivity contribution in [3.63, 3.8) is 0 Å². The lowest BCUT2D eigenvalue weighted by Crippen LogP contribution is -2.34. The third-order valence-corrected chi connectivity index (χ3v) is 4.29.